The van der Waals surface area contributed by atoms with Gasteiger partial charge in [-0.25, -0.2) is 14.8 Å². The van der Waals surface area contributed by atoms with Crippen LogP contribution in [0.5, 0.6) is 0 Å². The zero-order chi connectivity index (χ0) is 13.8. The highest BCUT2D eigenvalue weighted by Crippen LogP contribution is 2.11. The van der Waals surface area contributed by atoms with Gasteiger partial charge in [-0.2, -0.15) is 0 Å². The van der Waals surface area contributed by atoms with Crippen molar-refractivity contribution in [3.63, 3.8) is 0 Å². The van der Waals surface area contributed by atoms with Crippen molar-refractivity contribution in [3.8, 4) is 0 Å². The lowest BCUT2D eigenvalue weighted by Gasteiger charge is -2.19. The van der Waals surface area contributed by atoms with E-state index in [4.69, 9.17) is 4.74 Å². The molecule has 0 spiro atoms. The van der Waals surface area contributed by atoms with Gasteiger partial charge in [0.15, 0.2) is 5.69 Å². The maximum absolute atomic E-state index is 11.8. The fourth-order valence-corrected chi connectivity index (χ4v) is 1.19. The summed E-state index contributed by atoms with van der Waals surface area (Å²) in [7, 11) is 0. The van der Waals surface area contributed by atoms with E-state index < -0.39 is 11.6 Å². The van der Waals surface area contributed by atoms with Crippen molar-refractivity contribution in [1.82, 2.24) is 9.97 Å². The van der Waals surface area contributed by atoms with Crippen LogP contribution in [0.2, 0.25) is 0 Å². The Morgan fingerprint density at radius 1 is 1.50 bits per heavy atom. The molecule has 1 atom stereocenters. The largest absolute Gasteiger partial charge is 0.455 e. The highest BCUT2D eigenvalue weighted by Gasteiger charge is 2.19. The van der Waals surface area contributed by atoms with E-state index in [2.05, 4.69) is 22.2 Å². The zero-order valence-electron chi connectivity index (χ0n) is 11.7. The van der Waals surface area contributed by atoms with Gasteiger partial charge >= 0.3 is 5.97 Å². The minimum atomic E-state index is -0.521. The van der Waals surface area contributed by atoms with E-state index in [9.17, 15) is 4.79 Å². The molecule has 5 nitrogen and oxygen atoms in total. The summed E-state index contributed by atoms with van der Waals surface area (Å²) in [5.41, 5.74) is -0.252. The quantitative estimate of drug-likeness (QED) is 0.833. The second kappa shape index (κ2) is 5.80. The van der Waals surface area contributed by atoms with Crippen molar-refractivity contribution in [2.45, 2.75) is 52.7 Å². The molecule has 1 N–H and O–H groups in total. The molecular weight excluding hydrogens is 230 g/mol. The first-order valence-electron chi connectivity index (χ1n) is 6.14. The van der Waals surface area contributed by atoms with Crippen LogP contribution in [0, 0.1) is 0 Å². The first-order chi connectivity index (χ1) is 8.31. The molecule has 5 heteroatoms. The summed E-state index contributed by atoms with van der Waals surface area (Å²) in [4.78, 5) is 20.1. The number of nitrogens with zero attached hydrogens (tertiary/aromatic N) is 2. The molecule has 18 heavy (non-hydrogen) atoms. The van der Waals surface area contributed by atoms with Gasteiger partial charge in [0.1, 0.15) is 5.60 Å². The van der Waals surface area contributed by atoms with E-state index >= 15 is 0 Å². The number of rotatable bonds is 4. The third-order valence-electron chi connectivity index (χ3n) is 2.25. The maximum atomic E-state index is 11.8. The normalized spacial score (nSPS) is 12.9. The first kappa shape index (κ1) is 14.4. The second-order valence-corrected chi connectivity index (χ2v) is 5.22. The maximum Gasteiger partial charge on any atom is 0.357 e. The summed E-state index contributed by atoms with van der Waals surface area (Å²) < 4.78 is 5.25. The van der Waals surface area contributed by atoms with Crippen molar-refractivity contribution in [2.75, 3.05) is 5.32 Å². The van der Waals surface area contributed by atoms with Gasteiger partial charge < -0.3 is 10.1 Å². The lowest BCUT2D eigenvalue weighted by Crippen LogP contribution is -2.25. The Morgan fingerprint density at radius 3 is 2.72 bits per heavy atom. The topological polar surface area (TPSA) is 64.1 Å². The molecule has 0 fully saturated rings. The van der Waals surface area contributed by atoms with Crippen LogP contribution in [-0.2, 0) is 4.74 Å². The van der Waals surface area contributed by atoms with Crippen LogP contribution < -0.4 is 5.32 Å². The molecule has 1 aromatic rings. The molecule has 0 aliphatic rings. The highest BCUT2D eigenvalue weighted by molar-refractivity contribution is 5.87. The standard InChI is InChI=1S/C13H21N3O2/c1-6-9(2)15-12-14-8-7-10(16-12)11(17)18-13(3,4)5/h7-9H,6H2,1-5H3,(H,14,15,16). The lowest BCUT2D eigenvalue weighted by molar-refractivity contribution is 0.00628. The lowest BCUT2D eigenvalue weighted by atomic mass is 10.2. The van der Waals surface area contributed by atoms with Crippen molar-refractivity contribution in [1.29, 1.82) is 0 Å². The summed E-state index contributed by atoms with van der Waals surface area (Å²) in [6.45, 7) is 9.57. The van der Waals surface area contributed by atoms with Crippen molar-refractivity contribution in [2.24, 2.45) is 0 Å². The molecular formula is C13H21N3O2. The van der Waals surface area contributed by atoms with E-state index in [0.717, 1.165) is 6.42 Å². The van der Waals surface area contributed by atoms with Gasteiger partial charge in [-0.15, -0.1) is 0 Å². The van der Waals surface area contributed by atoms with Gasteiger partial charge in [-0.3, -0.25) is 0 Å². The zero-order valence-corrected chi connectivity index (χ0v) is 11.7. The van der Waals surface area contributed by atoms with Gasteiger partial charge in [-0.1, -0.05) is 6.92 Å². The average molecular weight is 251 g/mol. The Morgan fingerprint density at radius 2 is 2.17 bits per heavy atom. The Bertz CT molecular complexity index is 413. The van der Waals surface area contributed by atoms with Crippen LogP contribution in [0.3, 0.4) is 0 Å². The van der Waals surface area contributed by atoms with Crippen LogP contribution in [0.1, 0.15) is 51.5 Å². The summed E-state index contributed by atoms with van der Waals surface area (Å²) in [5, 5.41) is 3.12. The number of nitrogens with one attached hydrogen (secondary N) is 1. The molecule has 0 saturated heterocycles. The molecule has 1 heterocycles. The van der Waals surface area contributed by atoms with Crippen LogP contribution in [-0.4, -0.2) is 27.6 Å². The van der Waals surface area contributed by atoms with E-state index in [-0.39, 0.29) is 11.7 Å². The molecule has 0 saturated carbocycles. The molecule has 0 aliphatic carbocycles. The van der Waals surface area contributed by atoms with Crippen molar-refractivity contribution >= 4 is 11.9 Å². The van der Waals surface area contributed by atoms with Crippen LogP contribution in [0.15, 0.2) is 12.3 Å². The molecule has 0 aliphatic heterocycles. The number of anilines is 1. The van der Waals surface area contributed by atoms with E-state index in [1.807, 2.05) is 27.7 Å². The minimum absolute atomic E-state index is 0.263. The van der Waals surface area contributed by atoms with Gasteiger partial charge in [0.25, 0.3) is 0 Å². The SMILES string of the molecule is CCC(C)Nc1nccc(C(=O)OC(C)(C)C)n1. The average Bonchev–Trinajstić information content (AvgIpc) is 2.27. The molecule has 1 aromatic heterocycles. The number of hydrogen-bond acceptors (Lipinski definition) is 5. The van der Waals surface area contributed by atoms with Gasteiger partial charge in [0.2, 0.25) is 5.95 Å². The molecule has 0 amide bonds. The van der Waals surface area contributed by atoms with Crippen LogP contribution >= 0.6 is 0 Å². The number of ether oxygens (including phenoxy) is 1. The van der Waals surface area contributed by atoms with E-state index in [1.165, 1.54) is 0 Å². The molecule has 0 radical (unpaired) electrons. The number of carbonyl (C=O) groups is 1. The van der Waals surface area contributed by atoms with Crippen LogP contribution in [0.4, 0.5) is 5.95 Å². The van der Waals surface area contributed by atoms with Gasteiger partial charge in [-0.05, 0) is 40.2 Å². The number of hydrogen-bond donors (Lipinski definition) is 1. The van der Waals surface area contributed by atoms with Gasteiger partial charge in [0, 0.05) is 12.2 Å². The smallest absolute Gasteiger partial charge is 0.357 e. The predicted octanol–water partition coefficient (Wildman–Crippen LogP) is 2.64. The van der Waals surface area contributed by atoms with Crippen molar-refractivity contribution in [3.05, 3.63) is 18.0 Å². The summed E-state index contributed by atoms with van der Waals surface area (Å²) >= 11 is 0. The molecule has 1 rings (SSSR count). The van der Waals surface area contributed by atoms with E-state index in [1.54, 1.807) is 12.3 Å². The minimum Gasteiger partial charge on any atom is -0.455 e. The Labute approximate surface area is 108 Å². The van der Waals surface area contributed by atoms with Crippen LogP contribution in [0.25, 0.3) is 0 Å². The van der Waals surface area contributed by atoms with E-state index in [0.29, 0.717) is 5.95 Å². The van der Waals surface area contributed by atoms with Gasteiger partial charge in [0.05, 0.1) is 0 Å². The Hall–Kier alpha value is -1.65. The highest BCUT2D eigenvalue weighted by atomic mass is 16.6. The number of carbonyl (C=O) groups excluding carboxylic acids is 1. The monoisotopic (exact) mass is 251 g/mol. The fraction of sp³-hybridized carbons (Fsp3) is 0.615. The molecule has 1 unspecified atom stereocenters. The summed E-state index contributed by atoms with van der Waals surface area (Å²) in [6, 6.07) is 1.81. The number of aromatic nitrogens is 2. The second-order valence-electron chi connectivity index (χ2n) is 5.22. The fourth-order valence-electron chi connectivity index (χ4n) is 1.19. The molecule has 0 bridgehead atoms. The molecule has 100 valence electrons. The summed E-state index contributed by atoms with van der Waals surface area (Å²) in [5.74, 6) is 0.0183. The molecule has 0 aromatic carbocycles. The number of esters is 1. The third kappa shape index (κ3) is 4.69. The predicted molar refractivity (Wildman–Crippen MR) is 70.6 cm³/mol. The van der Waals surface area contributed by atoms with Crippen molar-refractivity contribution < 1.29 is 9.53 Å². The summed E-state index contributed by atoms with van der Waals surface area (Å²) in [6.07, 6.45) is 2.51. The third-order valence-corrected chi connectivity index (χ3v) is 2.25. The first-order valence-corrected chi connectivity index (χ1v) is 6.14. The Kier molecular flexibility index (Phi) is 4.64. The Balaban J connectivity index is 2.78.